The Hall–Kier alpha value is -2.05. The number of hydrogen-bond donors (Lipinski definition) is 3. The average Bonchev–Trinajstić information content (AvgIpc) is 2.61. The third kappa shape index (κ3) is 4.37. The molecular weight excluding hydrogens is 350 g/mol. The summed E-state index contributed by atoms with van der Waals surface area (Å²) in [5.74, 6) is 2.01. The first-order chi connectivity index (χ1) is 12.4. The van der Waals surface area contributed by atoms with E-state index in [9.17, 15) is 0 Å². The Morgan fingerprint density at radius 1 is 1.31 bits per heavy atom. The van der Waals surface area contributed by atoms with Crippen molar-refractivity contribution in [2.45, 2.75) is 45.6 Å². The topological polar surface area (TPSA) is 85.1 Å². The Balaban J connectivity index is 1.94. The van der Waals surface area contributed by atoms with Gasteiger partial charge in [0.2, 0.25) is 5.95 Å². The molecule has 3 rings (SSSR count). The van der Waals surface area contributed by atoms with E-state index in [0.717, 1.165) is 37.4 Å². The summed E-state index contributed by atoms with van der Waals surface area (Å²) >= 11 is 5.91. The number of halogens is 1. The van der Waals surface area contributed by atoms with Crippen LogP contribution in [0.4, 0.5) is 17.5 Å². The molecule has 0 radical (unpaired) electrons. The van der Waals surface area contributed by atoms with Crippen molar-refractivity contribution in [3.63, 3.8) is 0 Å². The minimum Gasteiger partial charge on any atom is -0.489 e. The van der Waals surface area contributed by atoms with Crippen LogP contribution >= 0.6 is 11.6 Å². The van der Waals surface area contributed by atoms with Crippen molar-refractivity contribution in [1.29, 1.82) is 0 Å². The van der Waals surface area contributed by atoms with Gasteiger partial charge < -0.3 is 21.1 Å². The number of benzene rings is 1. The second-order valence-electron chi connectivity index (χ2n) is 6.95. The maximum absolute atomic E-state index is 6.07. The Labute approximate surface area is 159 Å². The minimum absolute atomic E-state index is 0.0651. The van der Waals surface area contributed by atoms with Crippen molar-refractivity contribution in [3.8, 4) is 5.75 Å². The summed E-state index contributed by atoms with van der Waals surface area (Å²) in [5, 5.41) is 6.98. The molecule has 1 aliphatic rings. The number of nitrogens with zero attached hydrogens (tertiary/aromatic N) is 2. The first kappa shape index (κ1) is 18.7. The molecule has 2 heterocycles. The van der Waals surface area contributed by atoms with E-state index in [2.05, 4.69) is 39.7 Å². The van der Waals surface area contributed by atoms with Crippen LogP contribution in [0.25, 0.3) is 0 Å². The molecule has 1 saturated heterocycles. The second-order valence-corrected chi connectivity index (χ2v) is 7.35. The normalized spacial score (nSPS) is 15.3. The number of nitrogens with two attached hydrogens (primary N) is 1. The van der Waals surface area contributed by atoms with Gasteiger partial charge in [0.15, 0.2) is 0 Å². The van der Waals surface area contributed by atoms with Crippen molar-refractivity contribution in [1.82, 2.24) is 15.3 Å². The quantitative estimate of drug-likeness (QED) is 0.731. The van der Waals surface area contributed by atoms with E-state index in [1.807, 2.05) is 13.8 Å². The van der Waals surface area contributed by atoms with Crippen molar-refractivity contribution < 1.29 is 4.74 Å². The lowest BCUT2D eigenvalue weighted by Gasteiger charge is -2.26. The highest BCUT2D eigenvalue weighted by Gasteiger charge is 2.20. The van der Waals surface area contributed by atoms with Gasteiger partial charge in [0.05, 0.1) is 18.0 Å². The molecule has 0 unspecified atom stereocenters. The van der Waals surface area contributed by atoms with E-state index in [-0.39, 0.29) is 11.9 Å². The number of aryl methyl sites for hydroxylation is 1. The van der Waals surface area contributed by atoms with Gasteiger partial charge in [-0.3, -0.25) is 0 Å². The average molecular weight is 376 g/mol. The van der Waals surface area contributed by atoms with Crippen LogP contribution in [0.5, 0.6) is 5.75 Å². The predicted molar refractivity (Wildman–Crippen MR) is 107 cm³/mol. The molecule has 0 saturated carbocycles. The lowest BCUT2D eigenvalue weighted by atomic mass is 9.87. The highest BCUT2D eigenvalue weighted by molar-refractivity contribution is 6.32. The van der Waals surface area contributed by atoms with Crippen molar-refractivity contribution in [2.75, 3.05) is 24.1 Å². The maximum Gasteiger partial charge on any atom is 0.229 e. The number of nitrogen functional groups attached to an aromatic ring is 1. The fourth-order valence-electron chi connectivity index (χ4n) is 3.29. The summed E-state index contributed by atoms with van der Waals surface area (Å²) in [6.07, 6.45) is 3.85. The van der Waals surface area contributed by atoms with Gasteiger partial charge in [0.1, 0.15) is 16.6 Å². The molecule has 0 amide bonds. The van der Waals surface area contributed by atoms with Gasteiger partial charge >= 0.3 is 0 Å². The second kappa shape index (κ2) is 8.10. The van der Waals surface area contributed by atoms with Gasteiger partial charge in [0.25, 0.3) is 0 Å². The number of anilines is 3. The van der Waals surface area contributed by atoms with Gasteiger partial charge in [-0.15, -0.1) is 0 Å². The number of piperidine rings is 1. The molecule has 26 heavy (non-hydrogen) atoms. The molecule has 1 fully saturated rings. The predicted octanol–water partition coefficient (Wildman–Crippen LogP) is 4.02. The van der Waals surface area contributed by atoms with Crippen molar-refractivity contribution in [3.05, 3.63) is 34.5 Å². The van der Waals surface area contributed by atoms with Crippen LogP contribution in [0.3, 0.4) is 0 Å². The number of nitrogens with one attached hydrogen (secondary N) is 2. The molecule has 4 N–H and O–H groups in total. The number of hydrogen-bond acceptors (Lipinski definition) is 6. The van der Waals surface area contributed by atoms with Crippen LogP contribution in [0, 0.1) is 6.92 Å². The molecule has 140 valence electrons. The SMILES string of the molecule is Cc1cc(Nc2ncc(Cl)c(N)n2)c(OC(C)C)cc1C1CCNCC1. The fourth-order valence-corrected chi connectivity index (χ4v) is 3.38. The molecule has 6 nitrogen and oxygen atoms in total. The lowest BCUT2D eigenvalue weighted by molar-refractivity contribution is 0.243. The summed E-state index contributed by atoms with van der Waals surface area (Å²) in [5.41, 5.74) is 9.20. The summed E-state index contributed by atoms with van der Waals surface area (Å²) in [6, 6.07) is 4.26. The van der Waals surface area contributed by atoms with Gasteiger partial charge in [-0.1, -0.05) is 11.6 Å². The molecule has 0 bridgehead atoms. The lowest BCUT2D eigenvalue weighted by Crippen LogP contribution is -2.27. The van der Waals surface area contributed by atoms with Gasteiger partial charge in [0, 0.05) is 0 Å². The Morgan fingerprint density at radius 3 is 2.69 bits per heavy atom. The molecule has 1 aliphatic heterocycles. The molecule has 0 aliphatic carbocycles. The minimum atomic E-state index is 0.0651. The van der Waals surface area contributed by atoms with Crippen LogP contribution in [0.2, 0.25) is 5.02 Å². The molecule has 7 heteroatoms. The molecular formula is C19H26ClN5O. The summed E-state index contributed by atoms with van der Waals surface area (Å²) in [4.78, 5) is 8.39. The van der Waals surface area contributed by atoms with Gasteiger partial charge in [-0.2, -0.15) is 4.98 Å². The first-order valence-corrected chi connectivity index (χ1v) is 9.38. The highest BCUT2D eigenvalue weighted by Crippen LogP contribution is 2.37. The molecule has 2 aromatic rings. The fraction of sp³-hybridized carbons (Fsp3) is 0.474. The standard InChI is InChI=1S/C19H26ClN5O/c1-11(2)26-17-9-14(13-4-6-22-7-5-13)12(3)8-16(17)24-19-23-10-15(20)18(21)25-19/h8-11,13,22H,4-7H2,1-3H3,(H3,21,23,24,25). The first-order valence-electron chi connectivity index (χ1n) is 9.01. The smallest absolute Gasteiger partial charge is 0.229 e. The van der Waals surface area contributed by atoms with E-state index in [1.54, 1.807) is 0 Å². The van der Waals surface area contributed by atoms with E-state index < -0.39 is 0 Å². The van der Waals surface area contributed by atoms with Crippen LogP contribution in [0.1, 0.15) is 43.7 Å². The van der Waals surface area contributed by atoms with E-state index in [0.29, 0.717) is 16.9 Å². The summed E-state index contributed by atoms with van der Waals surface area (Å²) in [6.45, 7) is 8.29. The van der Waals surface area contributed by atoms with Crippen molar-refractivity contribution >= 4 is 29.1 Å². The largest absolute Gasteiger partial charge is 0.489 e. The Morgan fingerprint density at radius 2 is 2.04 bits per heavy atom. The summed E-state index contributed by atoms with van der Waals surface area (Å²) < 4.78 is 6.07. The van der Waals surface area contributed by atoms with E-state index in [4.69, 9.17) is 22.1 Å². The molecule has 1 aromatic heterocycles. The monoisotopic (exact) mass is 375 g/mol. The van der Waals surface area contributed by atoms with E-state index >= 15 is 0 Å². The highest BCUT2D eigenvalue weighted by atomic mass is 35.5. The van der Waals surface area contributed by atoms with E-state index in [1.165, 1.54) is 17.3 Å². The molecule has 0 atom stereocenters. The third-order valence-electron chi connectivity index (χ3n) is 4.53. The zero-order valence-electron chi connectivity index (χ0n) is 15.5. The van der Waals surface area contributed by atoms with Crippen LogP contribution in [0.15, 0.2) is 18.3 Å². The van der Waals surface area contributed by atoms with Gasteiger partial charge in [-0.25, -0.2) is 4.98 Å². The van der Waals surface area contributed by atoms with Crippen LogP contribution in [-0.4, -0.2) is 29.2 Å². The zero-order chi connectivity index (χ0) is 18.7. The molecule has 0 spiro atoms. The third-order valence-corrected chi connectivity index (χ3v) is 4.82. The van der Waals surface area contributed by atoms with Crippen molar-refractivity contribution in [2.24, 2.45) is 0 Å². The number of aromatic nitrogens is 2. The van der Waals surface area contributed by atoms with Crippen LogP contribution in [-0.2, 0) is 0 Å². The van der Waals surface area contributed by atoms with Crippen LogP contribution < -0.4 is 21.1 Å². The number of rotatable bonds is 5. The maximum atomic E-state index is 6.07. The Kier molecular flexibility index (Phi) is 5.84. The Bertz CT molecular complexity index is 775. The van der Waals surface area contributed by atoms with Gasteiger partial charge in [-0.05, 0) is 75.9 Å². The molecule has 1 aromatic carbocycles. The number of ether oxygens (including phenoxy) is 1. The zero-order valence-corrected chi connectivity index (χ0v) is 16.2. The summed E-state index contributed by atoms with van der Waals surface area (Å²) in [7, 11) is 0.